The number of morpholine rings is 1. The largest absolute Gasteiger partial charge is 0.379 e. The molecule has 1 fully saturated rings. The first kappa shape index (κ1) is 16.0. The Balaban J connectivity index is 2.21. The molecule has 0 amide bonds. The minimum atomic E-state index is -3.49. The van der Waals surface area contributed by atoms with E-state index in [9.17, 15) is 8.42 Å². The molecule has 0 spiro atoms. The first-order chi connectivity index (χ1) is 10.0. The highest BCUT2D eigenvalue weighted by molar-refractivity contribution is 7.89. The Bertz CT molecular complexity index is 653. The Morgan fingerprint density at radius 1 is 1.33 bits per heavy atom. The van der Waals surface area contributed by atoms with E-state index in [4.69, 9.17) is 4.74 Å². The second-order valence-corrected chi connectivity index (χ2v) is 6.75. The third-order valence-electron chi connectivity index (χ3n) is 3.32. The van der Waals surface area contributed by atoms with Crippen molar-refractivity contribution in [2.45, 2.75) is 11.8 Å². The Hall–Kier alpha value is -1.39. The van der Waals surface area contributed by atoms with Crippen molar-refractivity contribution < 1.29 is 13.2 Å². The highest BCUT2D eigenvalue weighted by Gasteiger charge is 2.15. The molecule has 2 rings (SSSR count). The molecular weight excluding hydrogens is 288 g/mol. The van der Waals surface area contributed by atoms with E-state index in [0.717, 1.165) is 31.9 Å². The molecule has 1 N–H and O–H groups in total. The highest BCUT2D eigenvalue weighted by atomic mass is 32.2. The molecular formula is C15H20N2O3S. The number of nitrogens with one attached hydrogen (secondary N) is 1. The Labute approximate surface area is 126 Å². The van der Waals surface area contributed by atoms with E-state index in [1.54, 1.807) is 18.2 Å². The van der Waals surface area contributed by atoms with Crippen molar-refractivity contribution in [1.82, 2.24) is 9.62 Å². The Kier molecular flexibility index (Phi) is 5.37. The zero-order chi connectivity index (χ0) is 15.3. The maximum absolute atomic E-state index is 12.0. The summed E-state index contributed by atoms with van der Waals surface area (Å²) < 4.78 is 31.6. The predicted molar refractivity (Wildman–Crippen MR) is 81.6 cm³/mol. The van der Waals surface area contributed by atoms with Crippen LogP contribution in [0.1, 0.15) is 11.1 Å². The summed E-state index contributed by atoms with van der Waals surface area (Å²) in [4.78, 5) is 2.42. The van der Waals surface area contributed by atoms with Crippen molar-refractivity contribution in [1.29, 1.82) is 0 Å². The van der Waals surface area contributed by atoms with Crippen molar-refractivity contribution in [2.75, 3.05) is 39.9 Å². The fraction of sp³-hybridized carbons (Fsp3) is 0.467. The van der Waals surface area contributed by atoms with Crippen LogP contribution in [0.4, 0.5) is 0 Å². The maximum Gasteiger partial charge on any atom is 0.241 e. The second kappa shape index (κ2) is 7.05. The number of hydrogen-bond donors (Lipinski definition) is 1. The van der Waals surface area contributed by atoms with Gasteiger partial charge in [0.05, 0.1) is 24.7 Å². The van der Waals surface area contributed by atoms with E-state index in [1.807, 2.05) is 6.92 Å². The molecule has 1 aromatic carbocycles. The molecule has 21 heavy (non-hydrogen) atoms. The van der Waals surface area contributed by atoms with Gasteiger partial charge < -0.3 is 4.74 Å². The first-order valence-electron chi connectivity index (χ1n) is 6.86. The van der Waals surface area contributed by atoms with Crippen LogP contribution in [0, 0.1) is 18.8 Å². The molecule has 0 atom stereocenters. The minimum Gasteiger partial charge on any atom is -0.379 e. The summed E-state index contributed by atoms with van der Waals surface area (Å²) >= 11 is 0. The lowest BCUT2D eigenvalue weighted by Gasteiger charge is -2.24. The zero-order valence-corrected chi connectivity index (χ0v) is 13.2. The van der Waals surface area contributed by atoms with Gasteiger partial charge in [-0.1, -0.05) is 17.9 Å². The van der Waals surface area contributed by atoms with Crippen LogP contribution in [0.15, 0.2) is 23.1 Å². The van der Waals surface area contributed by atoms with Crippen LogP contribution in [-0.2, 0) is 14.8 Å². The van der Waals surface area contributed by atoms with Crippen molar-refractivity contribution in [3.8, 4) is 11.8 Å². The van der Waals surface area contributed by atoms with Crippen LogP contribution in [-0.4, -0.2) is 53.2 Å². The van der Waals surface area contributed by atoms with E-state index >= 15 is 0 Å². The highest BCUT2D eigenvalue weighted by Crippen LogP contribution is 2.16. The minimum absolute atomic E-state index is 0.227. The molecule has 0 aromatic heterocycles. The molecule has 114 valence electrons. The number of rotatable bonds is 3. The summed E-state index contributed by atoms with van der Waals surface area (Å²) in [6.07, 6.45) is 0. The Morgan fingerprint density at radius 3 is 2.71 bits per heavy atom. The zero-order valence-electron chi connectivity index (χ0n) is 12.3. The summed E-state index contributed by atoms with van der Waals surface area (Å²) in [7, 11) is -2.08. The molecule has 1 saturated heterocycles. The smallest absolute Gasteiger partial charge is 0.241 e. The lowest BCUT2D eigenvalue weighted by Crippen LogP contribution is -2.36. The summed E-state index contributed by atoms with van der Waals surface area (Å²) in [5.74, 6) is 6.05. The van der Waals surface area contributed by atoms with Crippen LogP contribution < -0.4 is 4.72 Å². The first-order valence-corrected chi connectivity index (χ1v) is 8.34. The second-order valence-electron chi connectivity index (χ2n) is 4.90. The van der Waals surface area contributed by atoms with E-state index in [-0.39, 0.29) is 4.90 Å². The van der Waals surface area contributed by atoms with Gasteiger partial charge in [0.1, 0.15) is 0 Å². The lowest BCUT2D eigenvalue weighted by molar-refractivity contribution is 0.0443. The average molecular weight is 308 g/mol. The van der Waals surface area contributed by atoms with Crippen LogP contribution in [0.25, 0.3) is 0 Å². The molecule has 1 aliphatic heterocycles. The van der Waals surface area contributed by atoms with E-state index in [1.165, 1.54) is 7.05 Å². The van der Waals surface area contributed by atoms with Gasteiger partial charge in [-0.2, -0.15) is 0 Å². The summed E-state index contributed by atoms with van der Waals surface area (Å²) in [6, 6.07) is 5.17. The van der Waals surface area contributed by atoms with E-state index in [2.05, 4.69) is 21.5 Å². The van der Waals surface area contributed by atoms with Gasteiger partial charge in [-0.25, -0.2) is 13.1 Å². The van der Waals surface area contributed by atoms with Crippen molar-refractivity contribution in [2.24, 2.45) is 0 Å². The van der Waals surface area contributed by atoms with Crippen LogP contribution in [0.5, 0.6) is 0 Å². The quantitative estimate of drug-likeness (QED) is 0.830. The number of ether oxygens (including phenoxy) is 1. The van der Waals surface area contributed by atoms with Gasteiger partial charge in [-0.05, 0) is 31.7 Å². The van der Waals surface area contributed by atoms with Crippen molar-refractivity contribution >= 4 is 10.0 Å². The normalized spacial score (nSPS) is 16.3. The van der Waals surface area contributed by atoms with Gasteiger partial charge in [0.25, 0.3) is 0 Å². The number of aryl methyl sites for hydroxylation is 1. The van der Waals surface area contributed by atoms with Crippen LogP contribution in [0.2, 0.25) is 0 Å². The topological polar surface area (TPSA) is 58.6 Å². The molecule has 6 heteroatoms. The molecule has 0 radical (unpaired) electrons. The van der Waals surface area contributed by atoms with Gasteiger partial charge in [-0.15, -0.1) is 0 Å². The third kappa shape index (κ3) is 4.29. The molecule has 5 nitrogen and oxygen atoms in total. The lowest BCUT2D eigenvalue weighted by atomic mass is 10.1. The molecule has 0 aliphatic carbocycles. The predicted octanol–water partition coefficient (Wildman–Crippen LogP) is 0.587. The average Bonchev–Trinajstić information content (AvgIpc) is 2.48. The third-order valence-corrected chi connectivity index (χ3v) is 4.80. The van der Waals surface area contributed by atoms with Gasteiger partial charge in [0.2, 0.25) is 10.0 Å². The monoisotopic (exact) mass is 308 g/mol. The fourth-order valence-electron chi connectivity index (χ4n) is 2.09. The Morgan fingerprint density at radius 2 is 2.05 bits per heavy atom. The number of hydrogen-bond acceptors (Lipinski definition) is 4. The molecule has 0 saturated carbocycles. The van der Waals surface area contributed by atoms with Gasteiger partial charge in [0, 0.05) is 18.7 Å². The van der Waals surface area contributed by atoms with E-state index < -0.39 is 10.0 Å². The summed E-state index contributed by atoms with van der Waals surface area (Å²) in [5.41, 5.74) is 1.53. The molecule has 1 heterocycles. The van der Waals surface area contributed by atoms with Gasteiger partial charge >= 0.3 is 0 Å². The standard InChI is InChI=1S/C15H20N2O3S/c1-13-5-6-15(21(18,19)16-2)14(12-13)4-3-7-17-8-10-20-11-9-17/h5-6,12,16H,7-11H2,1-2H3. The number of benzene rings is 1. The van der Waals surface area contributed by atoms with E-state index in [0.29, 0.717) is 12.1 Å². The fourth-order valence-corrected chi connectivity index (χ4v) is 2.96. The van der Waals surface area contributed by atoms with Crippen LogP contribution >= 0.6 is 0 Å². The molecule has 1 aromatic rings. The summed E-state index contributed by atoms with van der Waals surface area (Å²) in [5, 5.41) is 0. The summed E-state index contributed by atoms with van der Waals surface area (Å²) in [6.45, 7) is 5.73. The maximum atomic E-state index is 12.0. The number of nitrogens with zero attached hydrogens (tertiary/aromatic N) is 1. The molecule has 0 unspecified atom stereocenters. The van der Waals surface area contributed by atoms with Gasteiger partial charge in [-0.3, -0.25) is 4.90 Å². The molecule has 1 aliphatic rings. The number of sulfonamides is 1. The van der Waals surface area contributed by atoms with Crippen molar-refractivity contribution in [3.05, 3.63) is 29.3 Å². The molecule has 0 bridgehead atoms. The van der Waals surface area contributed by atoms with Gasteiger partial charge in [0.15, 0.2) is 0 Å². The van der Waals surface area contributed by atoms with Crippen LogP contribution in [0.3, 0.4) is 0 Å². The van der Waals surface area contributed by atoms with Crippen molar-refractivity contribution in [3.63, 3.8) is 0 Å². The SMILES string of the molecule is CNS(=O)(=O)c1ccc(C)cc1C#CCN1CCOCC1.